The van der Waals surface area contributed by atoms with Crippen molar-refractivity contribution < 1.29 is 0 Å². The van der Waals surface area contributed by atoms with Crippen molar-refractivity contribution >= 4 is 23.5 Å². The molecule has 0 atom stereocenters. The Morgan fingerprint density at radius 3 is 1.47 bits per heavy atom. The van der Waals surface area contributed by atoms with Gasteiger partial charge in [0.2, 0.25) is 0 Å². The lowest BCUT2D eigenvalue weighted by Crippen LogP contribution is -1.96. The number of aryl methyl sites for hydroxylation is 2. The largest absolute Gasteiger partial charge is 0.305 e. The van der Waals surface area contributed by atoms with E-state index in [4.69, 9.17) is 0 Å². The van der Waals surface area contributed by atoms with Crippen LogP contribution in [0.25, 0.3) is 22.8 Å². The molecule has 0 aliphatic heterocycles. The Hall–Kier alpha value is -2.84. The lowest BCUT2D eigenvalue weighted by atomic mass is 10.1. The molecule has 2 aromatic carbocycles. The van der Waals surface area contributed by atoms with Crippen LogP contribution in [0.1, 0.15) is 11.1 Å². The van der Waals surface area contributed by atoms with Crippen molar-refractivity contribution in [3.63, 3.8) is 0 Å². The monoisotopic (exact) mass is 462 g/mol. The first-order valence-electron chi connectivity index (χ1n) is 10.4. The summed E-state index contributed by atoms with van der Waals surface area (Å²) in [5.41, 5.74) is 4.64. The highest BCUT2D eigenvalue weighted by molar-refractivity contribution is 7.99. The van der Waals surface area contributed by atoms with Crippen molar-refractivity contribution in [3.8, 4) is 22.8 Å². The quantitative estimate of drug-likeness (QED) is 0.260. The summed E-state index contributed by atoms with van der Waals surface area (Å²) in [5, 5.41) is 19.3. The van der Waals surface area contributed by atoms with Crippen LogP contribution in [0, 0.1) is 13.8 Å². The van der Waals surface area contributed by atoms with Crippen LogP contribution in [0.5, 0.6) is 0 Å². The number of hydrogen-bond donors (Lipinski definition) is 0. The van der Waals surface area contributed by atoms with Crippen LogP contribution >= 0.6 is 23.5 Å². The molecular weight excluding hydrogens is 436 g/mol. The van der Waals surface area contributed by atoms with Gasteiger partial charge < -0.3 is 9.13 Å². The second-order valence-corrected chi connectivity index (χ2v) is 9.43. The summed E-state index contributed by atoms with van der Waals surface area (Å²) >= 11 is 3.36. The van der Waals surface area contributed by atoms with Gasteiger partial charge in [-0.25, -0.2) is 0 Å². The van der Waals surface area contributed by atoms with Gasteiger partial charge in [0.15, 0.2) is 22.0 Å². The zero-order chi connectivity index (χ0) is 22.5. The van der Waals surface area contributed by atoms with E-state index in [1.807, 2.05) is 38.4 Å². The number of hydrogen-bond acceptors (Lipinski definition) is 6. The highest BCUT2D eigenvalue weighted by atomic mass is 32.2. The average molecular weight is 463 g/mol. The second-order valence-electron chi connectivity index (χ2n) is 7.45. The Balaban J connectivity index is 1.31. The smallest absolute Gasteiger partial charge is 0.191 e. The highest BCUT2D eigenvalue weighted by Crippen LogP contribution is 2.26. The Bertz CT molecular complexity index is 1150. The summed E-state index contributed by atoms with van der Waals surface area (Å²) in [6.45, 7) is 4.19. The van der Waals surface area contributed by atoms with Gasteiger partial charge in [0, 0.05) is 36.7 Å². The van der Waals surface area contributed by atoms with Gasteiger partial charge in [-0.05, 0) is 25.0 Å². The molecule has 0 amide bonds. The van der Waals surface area contributed by atoms with Crippen molar-refractivity contribution in [2.75, 3.05) is 11.5 Å². The first kappa shape index (κ1) is 22.4. The third kappa shape index (κ3) is 4.81. The van der Waals surface area contributed by atoms with Gasteiger partial charge in [-0.15, -0.1) is 20.4 Å². The van der Waals surface area contributed by atoms with Crippen molar-refractivity contribution in [1.82, 2.24) is 29.5 Å². The lowest BCUT2D eigenvalue weighted by molar-refractivity contribution is 0.794. The first-order valence-corrected chi connectivity index (χ1v) is 12.3. The number of aromatic nitrogens is 6. The summed E-state index contributed by atoms with van der Waals surface area (Å²) < 4.78 is 4.12. The zero-order valence-corrected chi connectivity index (χ0v) is 20.3. The molecule has 2 heterocycles. The SMILES string of the molecule is Cc1ccccc1-c1nnc(SC/C=C/CSc2nnc(-c3ccccc3C)n2C)n1C. The van der Waals surface area contributed by atoms with Gasteiger partial charge in [0.1, 0.15) is 0 Å². The maximum Gasteiger partial charge on any atom is 0.191 e. The number of benzene rings is 2. The molecule has 8 heteroatoms. The molecule has 0 saturated heterocycles. The number of rotatable bonds is 8. The summed E-state index contributed by atoms with van der Waals surface area (Å²) in [5.74, 6) is 3.48. The Morgan fingerprint density at radius 1 is 0.656 bits per heavy atom. The normalized spacial score (nSPS) is 11.5. The Morgan fingerprint density at radius 2 is 1.06 bits per heavy atom. The van der Waals surface area contributed by atoms with Crippen LogP contribution < -0.4 is 0 Å². The zero-order valence-electron chi connectivity index (χ0n) is 18.7. The van der Waals surface area contributed by atoms with Crippen LogP contribution in [0.3, 0.4) is 0 Å². The lowest BCUT2D eigenvalue weighted by Gasteiger charge is -2.05. The molecule has 0 saturated carbocycles. The van der Waals surface area contributed by atoms with E-state index < -0.39 is 0 Å². The van der Waals surface area contributed by atoms with Gasteiger partial charge in [-0.1, -0.05) is 84.2 Å². The molecule has 0 fully saturated rings. The predicted molar refractivity (Wildman–Crippen MR) is 133 cm³/mol. The standard InChI is InChI=1S/C24H26N6S2/c1-17-11-5-7-13-19(17)21-25-27-23(29(21)3)31-15-9-10-16-32-24-28-26-22(30(24)4)20-14-8-6-12-18(20)2/h5-14H,15-16H2,1-4H3/b10-9+. The molecule has 0 unspecified atom stereocenters. The minimum absolute atomic E-state index is 0.841. The summed E-state index contributed by atoms with van der Waals surface area (Å²) in [7, 11) is 4.04. The maximum atomic E-state index is 4.39. The van der Waals surface area contributed by atoms with Gasteiger partial charge >= 0.3 is 0 Å². The molecule has 0 spiro atoms. The van der Waals surface area contributed by atoms with Gasteiger partial charge in [-0.2, -0.15) is 0 Å². The fraction of sp³-hybridized carbons (Fsp3) is 0.250. The topological polar surface area (TPSA) is 61.4 Å². The molecule has 6 nitrogen and oxygen atoms in total. The molecule has 32 heavy (non-hydrogen) atoms. The van der Waals surface area contributed by atoms with Gasteiger partial charge in [0.05, 0.1) is 0 Å². The van der Waals surface area contributed by atoms with Crippen molar-refractivity contribution in [3.05, 3.63) is 71.8 Å². The average Bonchev–Trinajstić information content (AvgIpc) is 3.34. The van der Waals surface area contributed by atoms with Crippen LogP contribution in [0.2, 0.25) is 0 Å². The maximum absolute atomic E-state index is 4.39. The van der Waals surface area contributed by atoms with E-state index >= 15 is 0 Å². The predicted octanol–water partition coefficient (Wildman–Crippen LogP) is 5.34. The Kier molecular flexibility index (Phi) is 7.12. The van der Waals surface area contributed by atoms with E-state index in [9.17, 15) is 0 Å². The molecule has 0 bridgehead atoms. The molecule has 164 valence electrons. The Labute approximate surface area is 197 Å². The van der Waals surface area contributed by atoms with Crippen LogP contribution in [-0.2, 0) is 14.1 Å². The van der Waals surface area contributed by atoms with Gasteiger partial charge in [-0.3, -0.25) is 0 Å². The molecule has 4 rings (SSSR count). The van der Waals surface area contributed by atoms with Crippen molar-refractivity contribution in [2.45, 2.75) is 24.2 Å². The molecular formula is C24H26N6S2. The summed E-state index contributed by atoms with van der Waals surface area (Å²) in [6, 6.07) is 16.5. The van der Waals surface area contributed by atoms with Crippen molar-refractivity contribution in [1.29, 1.82) is 0 Å². The minimum Gasteiger partial charge on any atom is -0.305 e. The molecule has 0 radical (unpaired) electrons. The fourth-order valence-electron chi connectivity index (χ4n) is 3.38. The minimum atomic E-state index is 0.841. The third-order valence-corrected chi connectivity index (χ3v) is 7.17. The molecule has 0 aliphatic rings. The summed E-state index contributed by atoms with van der Waals surface area (Å²) in [4.78, 5) is 0. The van der Waals surface area contributed by atoms with Crippen molar-refractivity contribution in [2.24, 2.45) is 14.1 Å². The van der Waals surface area contributed by atoms with E-state index in [0.717, 1.165) is 44.6 Å². The van der Waals surface area contributed by atoms with Crippen LogP contribution in [0.4, 0.5) is 0 Å². The van der Waals surface area contributed by atoms with E-state index in [1.165, 1.54) is 11.1 Å². The van der Waals surface area contributed by atoms with Crippen LogP contribution in [-0.4, -0.2) is 41.0 Å². The fourth-order valence-corrected chi connectivity index (χ4v) is 4.90. The van der Waals surface area contributed by atoms with Gasteiger partial charge in [0.25, 0.3) is 0 Å². The van der Waals surface area contributed by atoms with E-state index in [0.29, 0.717) is 0 Å². The van der Waals surface area contributed by atoms with E-state index in [1.54, 1.807) is 23.5 Å². The first-order chi connectivity index (χ1) is 15.6. The molecule has 0 N–H and O–H groups in total. The van der Waals surface area contributed by atoms with E-state index in [-0.39, 0.29) is 0 Å². The highest BCUT2D eigenvalue weighted by Gasteiger charge is 2.13. The van der Waals surface area contributed by atoms with Crippen LogP contribution in [0.15, 0.2) is 71.0 Å². The number of nitrogens with zero attached hydrogens (tertiary/aromatic N) is 6. The van der Waals surface area contributed by atoms with E-state index in [2.05, 4.69) is 79.8 Å². The molecule has 0 aliphatic carbocycles. The molecule has 4 aromatic rings. The summed E-state index contributed by atoms with van der Waals surface area (Å²) in [6.07, 6.45) is 4.33. The number of thioether (sulfide) groups is 2. The third-order valence-electron chi connectivity index (χ3n) is 5.23. The molecule has 2 aromatic heterocycles. The second kappa shape index (κ2) is 10.2.